The van der Waals surface area contributed by atoms with Gasteiger partial charge in [-0.2, -0.15) is 9.40 Å². The van der Waals surface area contributed by atoms with E-state index >= 15 is 0 Å². The van der Waals surface area contributed by atoms with Crippen molar-refractivity contribution in [1.82, 2.24) is 23.2 Å². The van der Waals surface area contributed by atoms with E-state index in [-0.39, 0.29) is 11.4 Å². The molecular formula is C16H25N5O4S. The van der Waals surface area contributed by atoms with Crippen LogP contribution in [0.25, 0.3) is 0 Å². The van der Waals surface area contributed by atoms with Crippen molar-refractivity contribution in [2.24, 2.45) is 14.1 Å². The lowest BCUT2D eigenvalue weighted by molar-refractivity contribution is 0.444. The molecule has 0 bridgehead atoms. The van der Waals surface area contributed by atoms with Gasteiger partial charge < -0.3 is 0 Å². The normalized spacial score (nSPS) is 12.1. The first kappa shape index (κ1) is 20.1. The van der Waals surface area contributed by atoms with Gasteiger partial charge in [-0.3, -0.25) is 18.6 Å². The average molecular weight is 383 g/mol. The zero-order valence-electron chi connectivity index (χ0n) is 16.0. The van der Waals surface area contributed by atoms with E-state index in [1.807, 2.05) is 0 Å². The molecule has 9 nitrogen and oxygen atoms in total. The molecule has 0 saturated heterocycles. The topological polar surface area (TPSA) is 99.2 Å². The fourth-order valence-corrected chi connectivity index (χ4v) is 4.81. The van der Waals surface area contributed by atoms with Crippen LogP contribution in [-0.4, -0.2) is 44.7 Å². The first-order valence-corrected chi connectivity index (χ1v) is 9.80. The molecule has 0 N–H and O–H groups in total. The van der Waals surface area contributed by atoms with Crippen LogP contribution in [0, 0.1) is 13.8 Å². The molecule has 10 heteroatoms. The summed E-state index contributed by atoms with van der Waals surface area (Å²) in [5.74, 6) is 0. The first-order valence-electron chi connectivity index (χ1n) is 8.36. The number of nitrogens with zero attached hydrogens (tertiary/aromatic N) is 5. The zero-order valence-corrected chi connectivity index (χ0v) is 16.8. The third-order valence-corrected chi connectivity index (χ3v) is 6.86. The SMILES string of the molecule is CCN(CC)S(=O)(=O)c1c(C)nn(Cc2cc(=O)n(C)c(=O)n2C)c1C. The molecule has 0 atom stereocenters. The number of hydrogen-bond donors (Lipinski definition) is 0. The molecular weight excluding hydrogens is 358 g/mol. The lowest BCUT2D eigenvalue weighted by atomic mass is 10.3. The molecule has 0 aliphatic rings. The number of sulfonamides is 1. The maximum atomic E-state index is 12.9. The minimum absolute atomic E-state index is 0.127. The fraction of sp³-hybridized carbons (Fsp3) is 0.562. The van der Waals surface area contributed by atoms with Gasteiger partial charge in [0.25, 0.3) is 5.56 Å². The van der Waals surface area contributed by atoms with Gasteiger partial charge in [0.1, 0.15) is 4.90 Å². The van der Waals surface area contributed by atoms with Crippen molar-refractivity contribution >= 4 is 10.0 Å². The summed E-state index contributed by atoms with van der Waals surface area (Å²) in [5.41, 5.74) is 0.465. The summed E-state index contributed by atoms with van der Waals surface area (Å²) in [6.45, 7) is 7.75. The average Bonchev–Trinajstić information content (AvgIpc) is 2.85. The van der Waals surface area contributed by atoms with Crippen LogP contribution < -0.4 is 11.2 Å². The van der Waals surface area contributed by atoms with Gasteiger partial charge in [0.05, 0.1) is 17.9 Å². The highest BCUT2D eigenvalue weighted by Crippen LogP contribution is 2.23. The monoisotopic (exact) mass is 383 g/mol. The Bertz CT molecular complexity index is 1040. The van der Waals surface area contributed by atoms with Gasteiger partial charge in [0.2, 0.25) is 10.0 Å². The number of hydrogen-bond acceptors (Lipinski definition) is 5. The summed E-state index contributed by atoms with van der Waals surface area (Å²) in [4.78, 5) is 24.2. The molecule has 2 aromatic heterocycles. The molecule has 0 amide bonds. The van der Waals surface area contributed by atoms with Crippen molar-refractivity contribution in [1.29, 1.82) is 0 Å². The maximum absolute atomic E-state index is 12.9. The van der Waals surface area contributed by atoms with Crippen molar-refractivity contribution in [3.8, 4) is 0 Å². The predicted octanol–water partition coefficient (Wildman–Crippen LogP) is -0.0239. The minimum atomic E-state index is -3.65. The van der Waals surface area contributed by atoms with Crippen LogP contribution in [0.15, 0.2) is 20.6 Å². The van der Waals surface area contributed by atoms with E-state index in [1.54, 1.807) is 34.7 Å². The van der Waals surface area contributed by atoms with Crippen LogP contribution in [0.4, 0.5) is 0 Å². The molecule has 144 valence electrons. The number of aromatic nitrogens is 4. The Morgan fingerprint density at radius 2 is 1.65 bits per heavy atom. The quantitative estimate of drug-likeness (QED) is 0.698. The molecule has 0 spiro atoms. The summed E-state index contributed by atoms with van der Waals surface area (Å²) in [6, 6.07) is 1.36. The second kappa shape index (κ2) is 7.20. The lowest BCUT2D eigenvalue weighted by Gasteiger charge is -2.18. The molecule has 0 unspecified atom stereocenters. The third kappa shape index (κ3) is 3.26. The number of aryl methyl sites for hydroxylation is 1. The van der Waals surface area contributed by atoms with Gasteiger partial charge in [0.15, 0.2) is 0 Å². The Balaban J connectivity index is 2.57. The van der Waals surface area contributed by atoms with Crippen molar-refractivity contribution in [3.63, 3.8) is 0 Å². The summed E-state index contributed by atoms with van der Waals surface area (Å²) >= 11 is 0. The van der Waals surface area contributed by atoms with E-state index in [0.717, 1.165) is 4.57 Å². The molecule has 0 saturated carbocycles. The largest absolute Gasteiger partial charge is 0.330 e. The Kier molecular flexibility index (Phi) is 5.57. The van der Waals surface area contributed by atoms with Gasteiger partial charge in [0, 0.05) is 38.9 Å². The summed E-state index contributed by atoms with van der Waals surface area (Å²) in [7, 11) is -0.676. The molecule has 2 aromatic rings. The standard InChI is InChI=1S/C16H25N5O4S/c1-7-20(8-2)26(24,25)15-11(3)17-21(12(15)4)10-13-9-14(22)19(6)16(23)18(13)5/h9H,7-8,10H2,1-6H3. The Labute approximate surface area is 152 Å². The van der Waals surface area contributed by atoms with E-state index in [1.165, 1.54) is 26.7 Å². The van der Waals surface area contributed by atoms with Crippen LogP contribution in [0.3, 0.4) is 0 Å². The predicted molar refractivity (Wildman–Crippen MR) is 97.8 cm³/mol. The molecule has 0 aliphatic heterocycles. The van der Waals surface area contributed by atoms with E-state index in [9.17, 15) is 18.0 Å². The zero-order chi connectivity index (χ0) is 19.8. The van der Waals surface area contributed by atoms with Gasteiger partial charge in [-0.25, -0.2) is 13.2 Å². The van der Waals surface area contributed by atoms with Crippen molar-refractivity contribution < 1.29 is 8.42 Å². The van der Waals surface area contributed by atoms with Gasteiger partial charge >= 0.3 is 5.69 Å². The van der Waals surface area contributed by atoms with Crippen molar-refractivity contribution in [3.05, 3.63) is 44.0 Å². The van der Waals surface area contributed by atoms with E-state index in [4.69, 9.17) is 0 Å². The van der Waals surface area contributed by atoms with Crippen LogP contribution in [0.1, 0.15) is 30.9 Å². The molecule has 2 heterocycles. The first-order chi connectivity index (χ1) is 12.1. The lowest BCUT2D eigenvalue weighted by Crippen LogP contribution is -2.38. The van der Waals surface area contributed by atoms with E-state index in [2.05, 4.69) is 5.10 Å². The van der Waals surface area contributed by atoms with E-state index in [0.29, 0.717) is 30.2 Å². The van der Waals surface area contributed by atoms with Crippen LogP contribution in [0.5, 0.6) is 0 Å². The third-order valence-electron chi connectivity index (χ3n) is 4.56. The molecule has 0 aliphatic carbocycles. The van der Waals surface area contributed by atoms with Gasteiger partial charge in [-0.1, -0.05) is 13.8 Å². The van der Waals surface area contributed by atoms with E-state index < -0.39 is 21.3 Å². The summed E-state index contributed by atoms with van der Waals surface area (Å²) in [5, 5.41) is 4.33. The Hall–Kier alpha value is -2.20. The number of rotatable bonds is 6. The smallest absolute Gasteiger partial charge is 0.299 e. The second-order valence-electron chi connectivity index (χ2n) is 6.12. The highest BCUT2D eigenvalue weighted by atomic mass is 32.2. The molecule has 26 heavy (non-hydrogen) atoms. The van der Waals surface area contributed by atoms with Crippen LogP contribution in [-0.2, 0) is 30.7 Å². The van der Waals surface area contributed by atoms with Gasteiger partial charge in [-0.15, -0.1) is 0 Å². The van der Waals surface area contributed by atoms with Crippen molar-refractivity contribution in [2.45, 2.75) is 39.1 Å². The molecule has 2 rings (SSSR count). The molecule has 0 fully saturated rings. The maximum Gasteiger partial charge on any atom is 0.330 e. The highest BCUT2D eigenvalue weighted by Gasteiger charge is 2.29. The second-order valence-corrected chi connectivity index (χ2v) is 8.00. The van der Waals surface area contributed by atoms with Gasteiger partial charge in [-0.05, 0) is 13.8 Å². The summed E-state index contributed by atoms with van der Waals surface area (Å²) < 4.78 is 31.0. The molecule has 0 radical (unpaired) electrons. The Morgan fingerprint density at radius 1 is 1.08 bits per heavy atom. The molecule has 0 aromatic carbocycles. The van der Waals surface area contributed by atoms with Crippen LogP contribution >= 0.6 is 0 Å². The fourth-order valence-electron chi connectivity index (χ4n) is 2.98. The Morgan fingerprint density at radius 3 is 2.19 bits per heavy atom. The highest BCUT2D eigenvalue weighted by molar-refractivity contribution is 7.89. The van der Waals surface area contributed by atoms with Crippen LogP contribution in [0.2, 0.25) is 0 Å². The summed E-state index contributed by atoms with van der Waals surface area (Å²) in [6.07, 6.45) is 0. The minimum Gasteiger partial charge on any atom is -0.299 e. The van der Waals surface area contributed by atoms with Crippen molar-refractivity contribution in [2.75, 3.05) is 13.1 Å².